The maximum absolute atomic E-state index is 12.6. The van der Waals surface area contributed by atoms with Crippen LogP contribution in [0.3, 0.4) is 0 Å². The highest BCUT2D eigenvalue weighted by Crippen LogP contribution is 2.29. The molecule has 2 aromatic carbocycles. The van der Waals surface area contributed by atoms with E-state index in [1.165, 1.54) is 0 Å². The maximum Gasteiger partial charge on any atom is 0.260 e. The van der Waals surface area contributed by atoms with E-state index in [1.54, 1.807) is 21.9 Å². The van der Waals surface area contributed by atoms with Crippen molar-refractivity contribution in [2.24, 2.45) is 0 Å². The first-order valence-electron chi connectivity index (χ1n) is 9.55. The smallest absolute Gasteiger partial charge is 0.260 e. The number of benzene rings is 2. The van der Waals surface area contributed by atoms with Crippen molar-refractivity contribution in [2.75, 3.05) is 39.4 Å². The van der Waals surface area contributed by atoms with E-state index < -0.39 is 0 Å². The lowest BCUT2D eigenvalue weighted by molar-refractivity contribution is -0.135. The Morgan fingerprint density at radius 1 is 0.710 bits per heavy atom. The zero-order valence-corrected chi connectivity index (χ0v) is 22.8. The summed E-state index contributed by atoms with van der Waals surface area (Å²) in [6, 6.07) is 11.0. The first-order valence-corrected chi connectivity index (χ1v) is 12.7. The van der Waals surface area contributed by atoms with E-state index >= 15 is 0 Å². The summed E-state index contributed by atoms with van der Waals surface area (Å²) in [5.41, 5.74) is 0. The number of halogens is 4. The van der Waals surface area contributed by atoms with Gasteiger partial charge in [0.2, 0.25) is 0 Å². The fourth-order valence-corrected chi connectivity index (χ4v) is 5.39. The minimum Gasteiger partial charge on any atom is -0.483 e. The van der Waals surface area contributed by atoms with Gasteiger partial charge in [0.25, 0.3) is 11.8 Å². The molecule has 1 fully saturated rings. The van der Waals surface area contributed by atoms with Crippen LogP contribution in [0.1, 0.15) is 6.42 Å². The predicted molar refractivity (Wildman–Crippen MR) is 132 cm³/mol. The second-order valence-electron chi connectivity index (χ2n) is 6.84. The summed E-state index contributed by atoms with van der Waals surface area (Å²) in [4.78, 5) is 28.7. The third-order valence-corrected chi connectivity index (χ3v) is 6.92. The molecular weight excluding hydrogens is 664 g/mol. The normalized spacial score (nSPS) is 14.2. The van der Waals surface area contributed by atoms with Gasteiger partial charge in [-0.15, -0.1) is 0 Å². The lowest BCUT2D eigenvalue weighted by Gasteiger charge is -2.22. The number of hydrogen-bond donors (Lipinski definition) is 0. The first kappa shape index (κ1) is 24.5. The average molecular weight is 684 g/mol. The van der Waals surface area contributed by atoms with Crippen LogP contribution in [0.25, 0.3) is 0 Å². The van der Waals surface area contributed by atoms with Crippen LogP contribution in [0, 0.1) is 0 Å². The van der Waals surface area contributed by atoms with Crippen LogP contribution in [-0.2, 0) is 9.59 Å². The van der Waals surface area contributed by atoms with Gasteiger partial charge in [0.15, 0.2) is 13.2 Å². The molecule has 0 unspecified atom stereocenters. The molecule has 1 aliphatic heterocycles. The second-order valence-corrected chi connectivity index (χ2v) is 10.4. The minimum absolute atomic E-state index is 0.0467. The lowest BCUT2D eigenvalue weighted by Crippen LogP contribution is -2.40. The molecule has 2 amide bonds. The zero-order valence-electron chi connectivity index (χ0n) is 16.5. The fraction of sp³-hybridized carbons (Fsp3) is 0.333. The lowest BCUT2D eigenvalue weighted by atomic mass is 10.3. The monoisotopic (exact) mass is 680 g/mol. The standard InChI is InChI=1S/C21H20Br4N2O4/c22-14-2-4-18(16(24)10-14)30-12-20(28)26-6-1-7-27(9-8-26)21(29)13-31-19-5-3-15(23)11-17(19)25/h2-5,10-11H,1,6-9,12-13H2. The van der Waals surface area contributed by atoms with Gasteiger partial charge in [-0.3, -0.25) is 9.59 Å². The Labute approximate surface area is 214 Å². The largest absolute Gasteiger partial charge is 0.483 e. The van der Waals surface area contributed by atoms with E-state index in [1.807, 2.05) is 24.3 Å². The molecule has 0 aliphatic carbocycles. The summed E-state index contributed by atoms with van der Waals surface area (Å²) in [5.74, 6) is 1.03. The third-order valence-electron chi connectivity index (χ3n) is 4.69. The van der Waals surface area contributed by atoms with E-state index in [2.05, 4.69) is 63.7 Å². The molecular formula is C21H20Br4N2O4. The molecule has 1 heterocycles. The van der Waals surface area contributed by atoms with Crippen LogP contribution in [0.2, 0.25) is 0 Å². The van der Waals surface area contributed by atoms with Gasteiger partial charge in [-0.05, 0) is 74.7 Å². The highest BCUT2D eigenvalue weighted by Gasteiger charge is 2.23. The van der Waals surface area contributed by atoms with Gasteiger partial charge in [0.05, 0.1) is 8.95 Å². The van der Waals surface area contributed by atoms with Gasteiger partial charge in [0.1, 0.15) is 11.5 Å². The number of amides is 2. The van der Waals surface area contributed by atoms with Crippen molar-refractivity contribution in [1.29, 1.82) is 0 Å². The van der Waals surface area contributed by atoms with Crippen molar-refractivity contribution in [2.45, 2.75) is 6.42 Å². The number of carbonyl (C=O) groups is 2. The Kier molecular flexibility index (Phi) is 9.24. The summed E-state index contributed by atoms with van der Waals surface area (Å²) in [7, 11) is 0. The summed E-state index contributed by atoms with van der Waals surface area (Å²) < 4.78 is 14.7. The highest BCUT2D eigenvalue weighted by atomic mass is 79.9. The van der Waals surface area contributed by atoms with Crippen molar-refractivity contribution in [3.63, 3.8) is 0 Å². The molecule has 10 heteroatoms. The van der Waals surface area contributed by atoms with Crippen molar-refractivity contribution >= 4 is 75.5 Å². The van der Waals surface area contributed by atoms with Gasteiger partial charge in [-0.1, -0.05) is 31.9 Å². The summed E-state index contributed by atoms with van der Waals surface area (Å²) in [6.45, 7) is 2.03. The molecule has 166 valence electrons. The number of nitrogens with zero attached hydrogens (tertiary/aromatic N) is 2. The number of carbonyl (C=O) groups excluding carboxylic acids is 2. The fourth-order valence-electron chi connectivity index (χ4n) is 3.06. The Balaban J connectivity index is 1.47. The zero-order chi connectivity index (χ0) is 22.4. The van der Waals surface area contributed by atoms with Crippen LogP contribution in [-0.4, -0.2) is 61.0 Å². The van der Waals surface area contributed by atoms with Crippen molar-refractivity contribution in [1.82, 2.24) is 9.80 Å². The summed E-state index contributed by atoms with van der Waals surface area (Å²) in [6.07, 6.45) is 0.710. The average Bonchev–Trinajstić information content (AvgIpc) is 2.98. The van der Waals surface area contributed by atoms with E-state index in [-0.39, 0.29) is 25.0 Å². The number of rotatable bonds is 6. The predicted octanol–water partition coefficient (Wildman–Crippen LogP) is 5.26. The topological polar surface area (TPSA) is 59.1 Å². The van der Waals surface area contributed by atoms with E-state index in [0.29, 0.717) is 44.1 Å². The quantitative estimate of drug-likeness (QED) is 0.418. The Morgan fingerprint density at radius 2 is 1.13 bits per heavy atom. The molecule has 31 heavy (non-hydrogen) atoms. The van der Waals surface area contributed by atoms with Crippen LogP contribution in [0.4, 0.5) is 0 Å². The molecule has 2 aromatic rings. The molecule has 3 rings (SSSR count). The molecule has 1 saturated heterocycles. The molecule has 0 bridgehead atoms. The van der Waals surface area contributed by atoms with Gasteiger partial charge < -0.3 is 19.3 Å². The molecule has 6 nitrogen and oxygen atoms in total. The maximum atomic E-state index is 12.6. The van der Waals surface area contributed by atoms with Crippen molar-refractivity contribution in [3.8, 4) is 11.5 Å². The third kappa shape index (κ3) is 7.20. The molecule has 0 spiro atoms. The van der Waals surface area contributed by atoms with Crippen LogP contribution in [0.15, 0.2) is 54.3 Å². The van der Waals surface area contributed by atoms with Crippen LogP contribution >= 0.6 is 63.7 Å². The molecule has 0 saturated carbocycles. The summed E-state index contributed by atoms with van der Waals surface area (Å²) in [5, 5.41) is 0. The second kappa shape index (κ2) is 11.7. The van der Waals surface area contributed by atoms with Gasteiger partial charge in [-0.25, -0.2) is 0 Å². The van der Waals surface area contributed by atoms with E-state index in [9.17, 15) is 9.59 Å². The molecule has 0 aromatic heterocycles. The number of ether oxygens (including phenoxy) is 2. The molecule has 1 aliphatic rings. The molecule has 0 N–H and O–H groups in total. The first-order chi connectivity index (χ1) is 14.8. The van der Waals surface area contributed by atoms with Crippen LogP contribution in [0.5, 0.6) is 11.5 Å². The van der Waals surface area contributed by atoms with Gasteiger partial charge >= 0.3 is 0 Å². The molecule has 0 atom stereocenters. The molecule has 0 radical (unpaired) electrons. The summed E-state index contributed by atoms with van der Waals surface area (Å²) >= 11 is 13.6. The highest BCUT2D eigenvalue weighted by molar-refractivity contribution is 9.11. The minimum atomic E-state index is -0.0980. The Bertz CT molecular complexity index is 881. The van der Waals surface area contributed by atoms with E-state index in [0.717, 1.165) is 17.9 Å². The van der Waals surface area contributed by atoms with Gasteiger partial charge in [0, 0.05) is 35.1 Å². The SMILES string of the molecule is O=C(COc1ccc(Br)cc1Br)N1CCCN(C(=O)COc2ccc(Br)cc2Br)CC1. The van der Waals surface area contributed by atoms with Gasteiger partial charge in [-0.2, -0.15) is 0 Å². The van der Waals surface area contributed by atoms with E-state index in [4.69, 9.17) is 9.47 Å². The van der Waals surface area contributed by atoms with Crippen molar-refractivity contribution in [3.05, 3.63) is 54.3 Å². The van der Waals surface area contributed by atoms with Crippen molar-refractivity contribution < 1.29 is 19.1 Å². The Morgan fingerprint density at radius 3 is 1.52 bits per heavy atom. The number of hydrogen-bond acceptors (Lipinski definition) is 4. The van der Waals surface area contributed by atoms with Crippen LogP contribution < -0.4 is 9.47 Å². The Hall–Kier alpha value is -1.10.